The topological polar surface area (TPSA) is 80.9 Å². The Hall–Kier alpha value is -3.94. The Morgan fingerprint density at radius 2 is 2.00 bits per heavy atom. The molecule has 0 fully saturated rings. The summed E-state index contributed by atoms with van der Waals surface area (Å²) in [4.78, 5) is 20.6. The average Bonchev–Trinajstić information content (AvgIpc) is 3.14. The lowest BCUT2D eigenvalue weighted by atomic mass is 10.0. The molecule has 0 aliphatic rings. The zero-order valence-electron chi connectivity index (χ0n) is 15.9. The molecule has 1 N–H and O–H groups in total. The number of anilines is 1. The first-order valence-corrected chi connectivity index (χ1v) is 9.08. The lowest BCUT2D eigenvalue weighted by Gasteiger charge is -2.06. The third-order valence-electron chi connectivity index (χ3n) is 4.47. The maximum Gasteiger partial charge on any atom is 0.241 e. The summed E-state index contributed by atoms with van der Waals surface area (Å²) < 4.78 is 32.5. The largest absolute Gasteiger partial charge is 0.337 e. The molecule has 150 valence electrons. The molecule has 0 aliphatic heterocycles. The highest BCUT2D eigenvalue weighted by Gasteiger charge is 2.22. The zero-order valence-corrected chi connectivity index (χ0v) is 15.9. The van der Waals surface area contributed by atoms with Gasteiger partial charge in [0.05, 0.1) is 17.7 Å². The fourth-order valence-corrected chi connectivity index (χ4v) is 3.04. The van der Waals surface area contributed by atoms with Gasteiger partial charge in [0.2, 0.25) is 11.8 Å². The molecule has 0 saturated heterocycles. The second kappa shape index (κ2) is 8.20. The first-order valence-electron chi connectivity index (χ1n) is 9.08. The van der Waals surface area contributed by atoms with Crippen molar-refractivity contribution in [3.8, 4) is 22.5 Å². The van der Waals surface area contributed by atoms with Crippen LogP contribution in [-0.2, 0) is 11.2 Å². The lowest BCUT2D eigenvalue weighted by Crippen LogP contribution is -2.14. The van der Waals surface area contributed by atoms with Gasteiger partial charge in [0.1, 0.15) is 23.7 Å². The van der Waals surface area contributed by atoms with Crippen molar-refractivity contribution in [3.05, 3.63) is 83.8 Å². The van der Waals surface area contributed by atoms with Gasteiger partial charge in [-0.3, -0.25) is 10.1 Å². The SMILES string of the molecule is Cc1cc(-c2noc(NC(=O)Cc3cccc(F)c3)c2-c2ccncn2)ccc1F. The number of rotatable bonds is 5. The number of benzene rings is 2. The minimum atomic E-state index is -0.421. The van der Waals surface area contributed by atoms with Gasteiger partial charge in [0, 0.05) is 11.8 Å². The molecular formula is C22H16F2N4O2. The van der Waals surface area contributed by atoms with Crippen molar-refractivity contribution in [2.24, 2.45) is 0 Å². The number of halogens is 2. The second-order valence-electron chi connectivity index (χ2n) is 6.65. The summed E-state index contributed by atoms with van der Waals surface area (Å²) in [6.07, 6.45) is 2.86. The third kappa shape index (κ3) is 4.07. The fraction of sp³-hybridized carbons (Fsp3) is 0.0909. The van der Waals surface area contributed by atoms with Crippen molar-refractivity contribution < 1.29 is 18.1 Å². The van der Waals surface area contributed by atoms with Crippen molar-refractivity contribution in [2.75, 3.05) is 5.32 Å². The van der Waals surface area contributed by atoms with Gasteiger partial charge in [-0.2, -0.15) is 0 Å². The summed E-state index contributed by atoms with van der Waals surface area (Å²) in [6.45, 7) is 1.64. The number of carbonyl (C=O) groups excluding carboxylic acids is 1. The van der Waals surface area contributed by atoms with E-state index in [9.17, 15) is 13.6 Å². The third-order valence-corrected chi connectivity index (χ3v) is 4.47. The minimum Gasteiger partial charge on any atom is -0.337 e. The molecule has 2 aromatic carbocycles. The van der Waals surface area contributed by atoms with Gasteiger partial charge in [-0.1, -0.05) is 17.3 Å². The molecule has 4 rings (SSSR count). The molecule has 2 aromatic heterocycles. The average molecular weight is 406 g/mol. The molecule has 0 atom stereocenters. The molecule has 0 radical (unpaired) electrons. The zero-order chi connectivity index (χ0) is 21.1. The van der Waals surface area contributed by atoms with Crippen LogP contribution in [0, 0.1) is 18.6 Å². The number of hydrogen-bond acceptors (Lipinski definition) is 5. The van der Waals surface area contributed by atoms with Crippen LogP contribution in [-0.4, -0.2) is 21.0 Å². The van der Waals surface area contributed by atoms with Gasteiger partial charge in [0.25, 0.3) is 0 Å². The van der Waals surface area contributed by atoms with Crippen LogP contribution in [0.1, 0.15) is 11.1 Å². The van der Waals surface area contributed by atoms with Crippen molar-refractivity contribution in [3.63, 3.8) is 0 Å². The highest BCUT2D eigenvalue weighted by atomic mass is 19.1. The Balaban J connectivity index is 1.70. The number of amides is 1. The molecule has 6 nitrogen and oxygen atoms in total. The van der Waals surface area contributed by atoms with Crippen LogP contribution in [0.4, 0.5) is 14.7 Å². The van der Waals surface area contributed by atoms with E-state index in [0.717, 1.165) is 0 Å². The van der Waals surface area contributed by atoms with E-state index in [0.29, 0.717) is 33.6 Å². The number of carbonyl (C=O) groups is 1. The number of aromatic nitrogens is 3. The normalized spacial score (nSPS) is 10.8. The molecule has 0 unspecified atom stereocenters. The van der Waals surface area contributed by atoms with Gasteiger partial charge >= 0.3 is 0 Å². The van der Waals surface area contributed by atoms with Crippen molar-refractivity contribution >= 4 is 11.8 Å². The highest BCUT2D eigenvalue weighted by molar-refractivity contribution is 5.97. The number of hydrogen-bond donors (Lipinski definition) is 1. The molecule has 0 aliphatic carbocycles. The van der Waals surface area contributed by atoms with E-state index >= 15 is 0 Å². The molecule has 8 heteroatoms. The van der Waals surface area contributed by atoms with Crippen molar-refractivity contribution in [2.45, 2.75) is 13.3 Å². The second-order valence-corrected chi connectivity index (χ2v) is 6.65. The molecule has 2 heterocycles. The Morgan fingerprint density at radius 3 is 2.73 bits per heavy atom. The van der Waals surface area contributed by atoms with Gasteiger partial charge < -0.3 is 4.52 Å². The first kappa shape index (κ1) is 19.4. The van der Waals surface area contributed by atoms with E-state index in [1.807, 2.05) is 0 Å². The molecule has 0 bridgehead atoms. The van der Waals surface area contributed by atoms with E-state index in [-0.39, 0.29) is 18.1 Å². The standard InChI is InChI=1S/C22H16F2N4O2/c1-13-9-15(5-6-17(13)24)21-20(18-7-8-25-12-26-18)22(30-28-21)27-19(29)11-14-3-2-4-16(23)10-14/h2-10,12H,11H2,1H3,(H,27,29). The summed E-state index contributed by atoms with van der Waals surface area (Å²) in [5.41, 5.74) is 2.89. The number of nitrogens with one attached hydrogen (secondary N) is 1. The van der Waals surface area contributed by atoms with E-state index in [1.165, 1.54) is 30.6 Å². The smallest absolute Gasteiger partial charge is 0.241 e. The summed E-state index contributed by atoms with van der Waals surface area (Å²) in [5.74, 6) is -1.08. The number of aryl methyl sites for hydroxylation is 1. The molecule has 4 aromatic rings. The molecular weight excluding hydrogens is 390 g/mol. The molecule has 0 saturated carbocycles. The predicted octanol–water partition coefficient (Wildman–Crippen LogP) is 4.57. The summed E-state index contributed by atoms with van der Waals surface area (Å²) in [7, 11) is 0. The van der Waals surface area contributed by atoms with Crippen LogP contribution >= 0.6 is 0 Å². The summed E-state index contributed by atoms with van der Waals surface area (Å²) >= 11 is 0. The number of nitrogens with zero attached hydrogens (tertiary/aromatic N) is 3. The van der Waals surface area contributed by atoms with E-state index in [1.54, 1.807) is 37.4 Å². The summed E-state index contributed by atoms with van der Waals surface area (Å²) in [5, 5.41) is 6.74. The van der Waals surface area contributed by atoms with Crippen LogP contribution in [0.3, 0.4) is 0 Å². The minimum absolute atomic E-state index is 0.0489. The Bertz CT molecular complexity index is 1210. The van der Waals surface area contributed by atoms with Gasteiger partial charge in [-0.05, 0) is 54.4 Å². The van der Waals surface area contributed by atoms with E-state index < -0.39 is 11.7 Å². The van der Waals surface area contributed by atoms with E-state index in [4.69, 9.17) is 4.52 Å². The quantitative estimate of drug-likeness (QED) is 0.525. The Morgan fingerprint density at radius 1 is 1.13 bits per heavy atom. The highest BCUT2D eigenvalue weighted by Crippen LogP contribution is 2.37. The van der Waals surface area contributed by atoms with Gasteiger partial charge in [-0.25, -0.2) is 18.7 Å². The maximum absolute atomic E-state index is 13.7. The predicted molar refractivity (Wildman–Crippen MR) is 106 cm³/mol. The molecule has 30 heavy (non-hydrogen) atoms. The van der Waals surface area contributed by atoms with Crippen LogP contribution in [0.15, 0.2) is 65.6 Å². The maximum atomic E-state index is 13.7. The molecule has 1 amide bonds. The van der Waals surface area contributed by atoms with Crippen LogP contribution in [0.5, 0.6) is 0 Å². The Labute approximate surface area is 170 Å². The van der Waals surface area contributed by atoms with Gasteiger partial charge in [-0.15, -0.1) is 0 Å². The lowest BCUT2D eigenvalue weighted by molar-refractivity contribution is -0.115. The molecule has 0 spiro atoms. The Kier molecular flexibility index (Phi) is 5.30. The van der Waals surface area contributed by atoms with E-state index in [2.05, 4.69) is 20.4 Å². The van der Waals surface area contributed by atoms with Crippen LogP contribution in [0.25, 0.3) is 22.5 Å². The van der Waals surface area contributed by atoms with Crippen molar-refractivity contribution in [1.29, 1.82) is 0 Å². The first-order chi connectivity index (χ1) is 14.5. The van der Waals surface area contributed by atoms with Crippen LogP contribution < -0.4 is 5.32 Å². The fourth-order valence-electron chi connectivity index (χ4n) is 3.04. The van der Waals surface area contributed by atoms with Gasteiger partial charge in [0.15, 0.2) is 0 Å². The summed E-state index contributed by atoms with van der Waals surface area (Å²) in [6, 6.07) is 12.0. The monoisotopic (exact) mass is 406 g/mol. The van der Waals surface area contributed by atoms with Crippen LogP contribution in [0.2, 0.25) is 0 Å². The van der Waals surface area contributed by atoms with Crippen molar-refractivity contribution in [1.82, 2.24) is 15.1 Å².